The smallest absolute Gasteiger partial charge is 0.120 e. The Morgan fingerprint density at radius 1 is 1.14 bits per heavy atom. The molecule has 0 aromatic heterocycles. The number of phenolic OH excluding ortho intramolecular Hbond substituents is 1. The van der Waals surface area contributed by atoms with Crippen molar-refractivity contribution in [1.82, 2.24) is 0 Å². The lowest BCUT2D eigenvalue weighted by Gasteiger charge is -2.07. The van der Waals surface area contributed by atoms with Crippen LogP contribution in [0.1, 0.15) is 5.56 Å². The van der Waals surface area contributed by atoms with Gasteiger partial charge in [0.15, 0.2) is 0 Å². The van der Waals surface area contributed by atoms with Crippen molar-refractivity contribution in [1.29, 1.82) is 0 Å². The lowest BCUT2D eigenvalue weighted by atomic mass is 10.0. The van der Waals surface area contributed by atoms with Gasteiger partial charge in [0.1, 0.15) is 5.75 Å². The number of hydrogen-bond donors (Lipinski definition) is 1. The molecule has 2 rings (SSSR count). The Bertz CT molecular complexity index is 451. The van der Waals surface area contributed by atoms with Gasteiger partial charge < -0.3 is 5.11 Å². The van der Waals surface area contributed by atoms with E-state index < -0.39 is 0 Å². The first-order valence-electron chi connectivity index (χ1n) is 4.51. The average molecular weight is 204 g/mol. The molecule has 72 valence electrons. The summed E-state index contributed by atoms with van der Waals surface area (Å²) in [6.45, 7) is 0. The highest BCUT2D eigenvalue weighted by molar-refractivity contribution is 7.97. The molecule has 2 aromatic carbocycles. The molecule has 0 unspecified atom stereocenters. The molecular formula is C12H12OS. The second-order valence-electron chi connectivity index (χ2n) is 3.22. The van der Waals surface area contributed by atoms with Crippen LogP contribution < -0.4 is 0 Å². The number of rotatable bonds is 2. The maximum absolute atomic E-state index is 9.73. The number of thioether (sulfide) groups is 1. The molecule has 0 bridgehead atoms. The molecule has 0 aliphatic carbocycles. The van der Waals surface area contributed by atoms with Gasteiger partial charge >= 0.3 is 0 Å². The molecule has 1 nitrogen and oxygen atoms in total. The Balaban J connectivity index is 2.69. The zero-order valence-corrected chi connectivity index (χ0v) is 8.84. The van der Waals surface area contributed by atoms with Gasteiger partial charge in [-0.05, 0) is 23.1 Å². The zero-order valence-electron chi connectivity index (χ0n) is 8.03. The van der Waals surface area contributed by atoms with Crippen LogP contribution in [-0.2, 0) is 5.75 Å². The lowest BCUT2D eigenvalue weighted by molar-refractivity contribution is 0.472. The Morgan fingerprint density at radius 2 is 1.93 bits per heavy atom. The van der Waals surface area contributed by atoms with E-state index in [0.29, 0.717) is 5.75 Å². The molecule has 0 atom stereocenters. The molecule has 0 amide bonds. The monoisotopic (exact) mass is 204 g/mol. The van der Waals surface area contributed by atoms with E-state index in [4.69, 9.17) is 0 Å². The molecule has 14 heavy (non-hydrogen) atoms. The van der Waals surface area contributed by atoms with Crippen molar-refractivity contribution < 1.29 is 5.11 Å². The first-order valence-corrected chi connectivity index (χ1v) is 5.91. The number of benzene rings is 2. The summed E-state index contributed by atoms with van der Waals surface area (Å²) in [6, 6.07) is 11.9. The van der Waals surface area contributed by atoms with Gasteiger partial charge in [-0.3, -0.25) is 0 Å². The fourth-order valence-corrected chi connectivity index (χ4v) is 2.21. The summed E-state index contributed by atoms with van der Waals surface area (Å²) in [7, 11) is 0. The highest BCUT2D eigenvalue weighted by Crippen LogP contribution is 2.29. The molecule has 2 aromatic rings. The van der Waals surface area contributed by atoms with Gasteiger partial charge in [0, 0.05) is 11.3 Å². The van der Waals surface area contributed by atoms with E-state index in [2.05, 4.69) is 12.1 Å². The Labute approximate surface area is 87.8 Å². The lowest BCUT2D eigenvalue weighted by Crippen LogP contribution is -1.84. The average Bonchev–Trinajstić information content (AvgIpc) is 2.23. The van der Waals surface area contributed by atoms with Crippen LogP contribution in [0.5, 0.6) is 5.75 Å². The summed E-state index contributed by atoms with van der Waals surface area (Å²) in [6.07, 6.45) is 2.04. The van der Waals surface area contributed by atoms with Gasteiger partial charge in [0.2, 0.25) is 0 Å². The van der Waals surface area contributed by atoms with Gasteiger partial charge in [0.25, 0.3) is 0 Å². The van der Waals surface area contributed by atoms with Crippen LogP contribution in [0.3, 0.4) is 0 Å². The third-order valence-corrected chi connectivity index (χ3v) is 2.88. The van der Waals surface area contributed by atoms with Gasteiger partial charge in [-0.15, -0.1) is 0 Å². The van der Waals surface area contributed by atoms with Gasteiger partial charge in [-0.1, -0.05) is 30.3 Å². The van der Waals surface area contributed by atoms with E-state index >= 15 is 0 Å². The highest BCUT2D eigenvalue weighted by Gasteiger charge is 2.04. The number of fused-ring (bicyclic) bond motifs is 1. The van der Waals surface area contributed by atoms with Crippen molar-refractivity contribution in [3.63, 3.8) is 0 Å². The molecule has 0 aliphatic rings. The van der Waals surface area contributed by atoms with Crippen LogP contribution in [0.15, 0.2) is 36.4 Å². The van der Waals surface area contributed by atoms with E-state index in [-0.39, 0.29) is 0 Å². The first kappa shape index (κ1) is 9.41. The molecule has 0 aliphatic heterocycles. The van der Waals surface area contributed by atoms with Gasteiger partial charge in [-0.25, -0.2) is 0 Å². The summed E-state index contributed by atoms with van der Waals surface area (Å²) < 4.78 is 0. The Morgan fingerprint density at radius 3 is 2.71 bits per heavy atom. The standard InChI is InChI=1S/C12H12OS/c1-14-8-11-10-5-3-2-4-9(10)6-7-12(11)13/h2-7,13H,8H2,1H3. The molecule has 0 spiro atoms. The molecule has 0 radical (unpaired) electrons. The summed E-state index contributed by atoms with van der Waals surface area (Å²) in [4.78, 5) is 0. The molecule has 0 saturated carbocycles. The first-order chi connectivity index (χ1) is 6.83. The van der Waals surface area contributed by atoms with E-state index in [1.807, 2.05) is 24.5 Å². The fraction of sp³-hybridized carbons (Fsp3) is 0.167. The molecule has 0 fully saturated rings. The molecule has 0 heterocycles. The van der Waals surface area contributed by atoms with E-state index in [1.54, 1.807) is 17.8 Å². The maximum Gasteiger partial charge on any atom is 0.120 e. The minimum absolute atomic E-state index is 0.401. The third-order valence-electron chi connectivity index (χ3n) is 2.30. The summed E-state index contributed by atoms with van der Waals surface area (Å²) >= 11 is 1.72. The van der Waals surface area contributed by atoms with Crippen LogP contribution in [0.2, 0.25) is 0 Å². The van der Waals surface area contributed by atoms with E-state index in [1.165, 1.54) is 5.39 Å². The highest BCUT2D eigenvalue weighted by atomic mass is 32.2. The van der Waals surface area contributed by atoms with Crippen molar-refractivity contribution in [2.75, 3.05) is 6.26 Å². The predicted octanol–water partition coefficient (Wildman–Crippen LogP) is 3.41. The molecule has 0 saturated heterocycles. The Kier molecular flexibility index (Phi) is 2.64. The normalized spacial score (nSPS) is 10.6. The van der Waals surface area contributed by atoms with Crippen LogP contribution in [0.25, 0.3) is 10.8 Å². The van der Waals surface area contributed by atoms with Crippen molar-refractivity contribution in [2.24, 2.45) is 0 Å². The number of phenols is 1. The molecular weight excluding hydrogens is 192 g/mol. The minimum atomic E-state index is 0.401. The minimum Gasteiger partial charge on any atom is -0.508 e. The largest absolute Gasteiger partial charge is 0.508 e. The zero-order chi connectivity index (χ0) is 9.97. The van der Waals surface area contributed by atoms with Gasteiger partial charge in [0.05, 0.1) is 0 Å². The van der Waals surface area contributed by atoms with Crippen LogP contribution >= 0.6 is 11.8 Å². The summed E-state index contributed by atoms with van der Waals surface area (Å²) in [5, 5.41) is 12.1. The van der Waals surface area contributed by atoms with E-state index in [0.717, 1.165) is 16.7 Å². The van der Waals surface area contributed by atoms with Gasteiger partial charge in [-0.2, -0.15) is 11.8 Å². The van der Waals surface area contributed by atoms with Crippen LogP contribution in [0, 0.1) is 0 Å². The topological polar surface area (TPSA) is 20.2 Å². The summed E-state index contributed by atoms with van der Waals surface area (Å²) in [5.74, 6) is 1.26. The molecule has 1 N–H and O–H groups in total. The Hall–Kier alpha value is -1.15. The quantitative estimate of drug-likeness (QED) is 0.809. The summed E-state index contributed by atoms with van der Waals surface area (Å²) in [5.41, 5.74) is 1.04. The van der Waals surface area contributed by atoms with Crippen molar-refractivity contribution in [2.45, 2.75) is 5.75 Å². The van der Waals surface area contributed by atoms with Crippen molar-refractivity contribution in [3.05, 3.63) is 42.0 Å². The molecule has 2 heteroatoms. The van der Waals surface area contributed by atoms with Crippen molar-refractivity contribution >= 4 is 22.5 Å². The fourth-order valence-electron chi connectivity index (χ4n) is 1.62. The number of hydrogen-bond acceptors (Lipinski definition) is 2. The van der Waals surface area contributed by atoms with Crippen molar-refractivity contribution in [3.8, 4) is 5.75 Å². The van der Waals surface area contributed by atoms with Crippen LogP contribution in [-0.4, -0.2) is 11.4 Å². The number of aromatic hydroxyl groups is 1. The third kappa shape index (κ3) is 1.58. The second kappa shape index (κ2) is 3.93. The maximum atomic E-state index is 9.73. The van der Waals surface area contributed by atoms with Crippen LogP contribution in [0.4, 0.5) is 0 Å². The second-order valence-corrected chi connectivity index (χ2v) is 4.08. The SMILES string of the molecule is CSCc1c(O)ccc2ccccc12. The predicted molar refractivity (Wildman–Crippen MR) is 62.8 cm³/mol. The van der Waals surface area contributed by atoms with E-state index in [9.17, 15) is 5.11 Å².